The van der Waals surface area contributed by atoms with Crippen LogP contribution in [-0.2, 0) is 32.2 Å². The Bertz CT molecular complexity index is 1080. The van der Waals surface area contributed by atoms with Crippen LogP contribution in [0.25, 0.3) is 10.9 Å². The Labute approximate surface area is 193 Å². The zero-order valence-electron chi connectivity index (χ0n) is 19.2. The number of hydrogen-bond donors (Lipinski definition) is 0. The van der Waals surface area contributed by atoms with Gasteiger partial charge in [-0.15, -0.1) is 0 Å². The molecule has 0 aliphatic rings. The SMILES string of the molecule is CCOC(=O)CN(CC(=O)OCC)Cc1cccc(COc2cccc3ccc(C)nc23)n1. The lowest BCUT2D eigenvalue weighted by atomic mass is 10.2. The molecule has 0 amide bonds. The quantitative estimate of drug-likeness (QED) is 0.410. The van der Waals surface area contributed by atoms with Gasteiger partial charge in [-0.3, -0.25) is 19.5 Å². The highest BCUT2D eigenvalue weighted by molar-refractivity contribution is 5.84. The lowest BCUT2D eigenvalue weighted by molar-refractivity contribution is -0.148. The molecule has 2 heterocycles. The summed E-state index contributed by atoms with van der Waals surface area (Å²) < 4.78 is 16.1. The van der Waals surface area contributed by atoms with Gasteiger partial charge >= 0.3 is 11.9 Å². The van der Waals surface area contributed by atoms with Crippen molar-refractivity contribution in [3.8, 4) is 5.75 Å². The number of fused-ring (bicyclic) bond motifs is 1. The highest BCUT2D eigenvalue weighted by Crippen LogP contribution is 2.24. The van der Waals surface area contributed by atoms with Gasteiger partial charge < -0.3 is 14.2 Å². The lowest BCUT2D eigenvalue weighted by Crippen LogP contribution is -2.36. The molecule has 2 aromatic heterocycles. The van der Waals surface area contributed by atoms with Crippen molar-refractivity contribution in [1.82, 2.24) is 14.9 Å². The highest BCUT2D eigenvalue weighted by Gasteiger charge is 2.17. The zero-order chi connectivity index (χ0) is 23.6. The second kappa shape index (κ2) is 11.9. The van der Waals surface area contributed by atoms with Crippen molar-refractivity contribution in [1.29, 1.82) is 0 Å². The molecule has 0 saturated carbocycles. The summed E-state index contributed by atoms with van der Waals surface area (Å²) in [6, 6.07) is 15.4. The van der Waals surface area contributed by atoms with Crippen LogP contribution in [0.2, 0.25) is 0 Å². The minimum absolute atomic E-state index is 0.0317. The molecule has 0 radical (unpaired) electrons. The van der Waals surface area contributed by atoms with Gasteiger partial charge in [-0.25, -0.2) is 4.98 Å². The van der Waals surface area contributed by atoms with Crippen LogP contribution in [0.3, 0.4) is 0 Å². The average Bonchev–Trinajstić information content (AvgIpc) is 2.78. The summed E-state index contributed by atoms with van der Waals surface area (Å²) in [6.45, 7) is 6.47. The Hall–Kier alpha value is -3.52. The molecule has 0 saturated heterocycles. The maximum Gasteiger partial charge on any atom is 0.320 e. The first-order chi connectivity index (χ1) is 16.0. The smallest absolute Gasteiger partial charge is 0.320 e. The fraction of sp³-hybridized carbons (Fsp3) is 0.360. The van der Waals surface area contributed by atoms with E-state index in [-0.39, 0.29) is 32.9 Å². The molecule has 3 rings (SSSR count). The van der Waals surface area contributed by atoms with E-state index in [0.29, 0.717) is 18.0 Å². The maximum absolute atomic E-state index is 12.0. The van der Waals surface area contributed by atoms with E-state index in [4.69, 9.17) is 14.2 Å². The van der Waals surface area contributed by atoms with Crippen LogP contribution in [0.15, 0.2) is 48.5 Å². The minimum Gasteiger partial charge on any atom is -0.485 e. The number of rotatable bonds is 11. The fourth-order valence-electron chi connectivity index (χ4n) is 3.36. The van der Waals surface area contributed by atoms with Gasteiger partial charge in [0.1, 0.15) is 17.9 Å². The summed E-state index contributed by atoms with van der Waals surface area (Å²) >= 11 is 0. The molecule has 174 valence electrons. The van der Waals surface area contributed by atoms with Crippen LogP contribution in [-0.4, -0.2) is 53.1 Å². The number of hydrogen-bond acceptors (Lipinski definition) is 8. The Morgan fingerprint density at radius 2 is 1.52 bits per heavy atom. The van der Waals surface area contributed by atoms with E-state index in [1.165, 1.54) is 0 Å². The van der Waals surface area contributed by atoms with Crippen molar-refractivity contribution >= 4 is 22.8 Å². The first kappa shape index (κ1) is 24.1. The predicted octanol–water partition coefficient (Wildman–Crippen LogP) is 3.45. The first-order valence-electron chi connectivity index (χ1n) is 11.0. The van der Waals surface area contributed by atoms with Gasteiger partial charge in [0.05, 0.1) is 37.7 Å². The number of esters is 2. The molecule has 1 aromatic carbocycles. The number of aryl methyl sites for hydroxylation is 1. The second-order valence-corrected chi connectivity index (χ2v) is 7.44. The molecule has 33 heavy (non-hydrogen) atoms. The number of ether oxygens (including phenoxy) is 3. The van der Waals surface area contributed by atoms with Crippen LogP contribution >= 0.6 is 0 Å². The maximum atomic E-state index is 12.0. The van der Waals surface area contributed by atoms with Crippen LogP contribution in [0, 0.1) is 6.92 Å². The van der Waals surface area contributed by atoms with Crippen molar-refractivity contribution in [2.75, 3.05) is 26.3 Å². The Balaban J connectivity index is 1.70. The monoisotopic (exact) mass is 451 g/mol. The lowest BCUT2D eigenvalue weighted by Gasteiger charge is -2.20. The molecule has 0 spiro atoms. The molecule has 0 unspecified atom stereocenters. The third-order valence-corrected chi connectivity index (χ3v) is 4.76. The van der Waals surface area contributed by atoms with Crippen molar-refractivity contribution in [2.24, 2.45) is 0 Å². The van der Waals surface area contributed by atoms with Crippen LogP contribution < -0.4 is 4.74 Å². The van der Waals surface area contributed by atoms with Crippen molar-refractivity contribution in [2.45, 2.75) is 33.9 Å². The molecule has 3 aromatic rings. The Morgan fingerprint density at radius 1 is 0.848 bits per heavy atom. The summed E-state index contributed by atoms with van der Waals surface area (Å²) in [5.74, 6) is -0.116. The Morgan fingerprint density at radius 3 is 2.21 bits per heavy atom. The molecule has 0 atom stereocenters. The van der Waals surface area contributed by atoms with E-state index in [9.17, 15) is 9.59 Å². The topological polar surface area (TPSA) is 90.9 Å². The van der Waals surface area contributed by atoms with Gasteiger partial charge in [0.2, 0.25) is 0 Å². The predicted molar refractivity (Wildman–Crippen MR) is 124 cm³/mol. The van der Waals surface area contributed by atoms with E-state index in [1.807, 2.05) is 55.5 Å². The molecule has 0 aliphatic heterocycles. The third-order valence-electron chi connectivity index (χ3n) is 4.76. The Kier molecular flexibility index (Phi) is 8.71. The van der Waals surface area contributed by atoms with Gasteiger partial charge in [0.15, 0.2) is 0 Å². The van der Waals surface area contributed by atoms with E-state index in [1.54, 1.807) is 18.7 Å². The van der Waals surface area contributed by atoms with Gasteiger partial charge in [0.25, 0.3) is 0 Å². The number of nitrogens with zero attached hydrogens (tertiary/aromatic N) is 3. The number of benzene rings is 1. The minimum atomic E-state index is -0.403. The molecular weight excluding hydrogens is 422 g/mol. The van der Waals surface area contributed by atoms with E-state index >= 15 is 0 Å². The molecule has 0 aliphatic carbocycles. The van der Waals surface area contributed by atoms with E-state index in [2.05, 4.69) is 9.97 Å². The normalized spacial score (nSPS) is 10.9. The van der Waals surface area contributed by atoms with Crippen molar-refractivity contribution in [3.63, 3.8) is 0 Å². The number of carbonyl (C=O) groups is 2. The molecule has 8 heteroatoms. The van der Waals surface area contributed by atoms with Gasteiger partial charge in [-0.05, 0) is 45.0 Å². The third kappa shape index (κ3) is 7.25. The fourth-order valence-corrected chi connectivity index (χ4v) is 3.36. The summed E-state index contributed by atoms with van der Waals surface area (Å²) in [5, 5.41) is 1.01. The van der Waals surface area contributed by atoms with Crippen molar-refractivity contribution < 1.29 is 23.8 Å². The van der Waals surface area contributed by atoms with E-state index < -0.39 is 11.9 Å². The molecule has 0 N–H and O–H groups in total. The number of para-hydroxylation sites is 1. The summed E-state index contributed by atoms with van der Waals surface area (Å²) in [5.41, 5.74) is 3.16. The van der Waals surface area contributed by atoms with Crippen LogP contribution in [0.4, 0.5) is 0 Å². The summed E-state index contributed by atoms with van der Waals surface area (Å²) in [7, 11) is 0. The average molecular weight is 452 g/mol. The van der Waals surface area contributed by atoms with Gasteiger partial charge in [0, 0.05) is 17.6 Å². The standard InChI is InChI=1S/C25H29N3O5/c1-4-31-23(29)15-28(16-24(30)32-5-2)14-20-9-7-10-21(27-20)17-33-22-11-6-8-19-13-12-18(3)26-25(19)22/h6-13H,4-5,14-17H2,1-3H3. The zero-order valence-corrected chi connectivity index (χ0v) is 19.2. The summed E-state index contributed by atoms with van der Waals surface area (Å²) in [6.07, 6.45) is 0. The van der Waals surface area contributed by atoms with E-state index in [0.717, 1.165) is 22.3 Å². The van der Waals surface area contributed by atoms with Gasteiger partial charge in [-0.1, -0.05) is 24.3 Å². The number of pyridine rings is 2. The van der Waals surface area contributed by atoms with Crippen molar-refractivity contribution in [3.05, 3.63) is 65.6 Å². The molecule has 0 fully saturated rings. The molecule has 8 nitrogen and oxygen atoms in total. The first-order valence-corrected chi connectivity index (χ1v) is 11.0. The molecular formula is C25H29N3O5. The molecule has 0 bridgehead atoms. The number of aromatic nitrogens is 2. The van der Waals surface area contributed by atoms with Gasteiger partial charge in [-0.2, -0.15) is 0 Å². The second-order valence-electron chi connectivity index (χ2n) is 7.44. The largest absolute Gasteiger partial charge is 0.485 e. The highest BCUT2D eigenvalue weighted by atomic mass is 16.5. The summed E-state index contributed by atoms with van der Waals surface area (Å²) in [4.78, 5) is 34.8. The number of carbonyl (C=O) groups excluding carboxylic acids is 2. The van der Waals surface area contributed by atoms with Crippen LogP contribution in [0.1, 0.15) is 30.9 Å². The van der Waals surface area contributed by atoms with Crippen LogP contribution in [0.5, 0.6) is 5.75 Å².